The van der Waals surface area contributed by atoms with Crippen LogP contribution in [0.1, 0.15) is 19.4 Å². The van der Waals surface area contributed by atoms with Crippen LogP contribution in [0.2, 0.25) is 0 Å². The molecule has 0 saturated carbocycles. The standard InChI is InChI=1S/C14H18BrN3O2S/c1-10(2)18(13-6-5-11(3)9-12(13)15)21(19,20)14-7-8-16-17(14)4/h5-10H,1-4H3. The van der Waals surface area contributed by atoms with Crippen LogP contribution in [-0.4, -0.2) is 24.2 Å². The molecule has 5 nitrogen and oxygen atoms in total. The predicted octanol–water partition coefficient (Wildman–Crippen LogP) is 3.09. The molecule has 0 fully saturated rings. The average molecular weight is 372 g/mol. The van der Waals surface area contributed by atoms with Crippen molar-refractivity contribution in [1.29, 1.82) is 0 Å². The molecule has 0 radical (unpaired) electrons. The van der Waals surface area contributed by atoms with Gasteiger partial charge in [0.25, 0.3) is 10.0 Å². The molecule has 0 aliphatic heterocycles. The molecule has 0 bridgehead atoms. The van der Waals surface area contributed by atoms with Gasteiger partial charge < -0.3 is 0 Å². The SMILES string of the molecule is Cc1ccc(N(C(C)C)S(=O)(=O)c2ccnn2C)c(Br)c1. The second-order valence-corrected chi connectivity index (χ2v) is 7.76. The van der Waals surface area contributed by atoms with Gasteiger partial charge in [-0.3, -0.25) is 8.99 Å². The monoisotopic (exact) mass is 371 g/mol. The number of halogens is 1. The Bertz CT molecular complexity index is 753. The second kappa shape index (κ2) is 5.81. The van der Waals surface area contributed by atoms with E-state index in [4.69, 9.17) is 0 Å². The molecule has 1 aromatic heterocycles. The lowest BCUT2D eigenvalue weighted by molar-refractivity contribution is 0.566. The second-order valence-electron chi connectivity index (χ2n) is 5.14. The lowest BCUT2D eigenvalue weighted by Gasteiger charge is -2.29. The summed E-state index contributed by atoms with van der Waals surface area (Å²) in [6, 6.07) is 6.90. The third-order valence-corrected chi connectivity index (χ3v) is 5.81. The number of anilines is 1. The van der Waals surface area contributed by atoms with E-state index >= 15 is 0 Å². The summed E-state index contributed by atoms with van der Waals surface area (Å²) in [5, 5.41) is 4.12. The fourth-order valence-corrected chi connectivity index (χ4v) is 4.78. The zero-order chi connectivity index (χ0) is 15.8. The minimum absolute atomic E-state index is 0.170. The van der Waals surface area contributed by atoms with E-state index in [0.717, 1.165) is 10.0 Å². The summed E-state index contributed by atoms with van der Waals surface area (Å²) < 4.78 is 29.4. The van der Waals surface area contributed by atoms with Crippen LogP contribution in [0.5, 0.6) is 0 Å². The summed E-state index contributed by atoms with van der Waals surface area (Å²) in [4.78, 5) is 0. The predicted molar refractivity (Wildman–Crippen MR) is 86.9 cm³/mol. The fraction of sp³-hybridized carbons (Fsp3) is 0.357. The first-order valence-electron chi connectivity index (χ1n) is 6.53. The van der Waals surface area contributed by atoms with Gasteiger partial charge in [0.2, 0.25) is 0 Å². The van der Waals surface area contributed by atoms with Crippen LogP contribution in [0.15, 0.2) is 40.0 Å². The van der Waals surface area contributed by atoms with Crippen molar-refractivity contribution in [2.75, 3.05) is 4.31 Å². The van der Waals surface area contributed by atoms with Crippen molar-refractivity contribution < 1.29 is 8.42 Å². The Hall–Kier alpha value is -1.34. The minimum Gasteiger partial charge on any atom is -0.261 e. The van der Waals surface area contributed by atoms with E-state index in [1.165, 1.54) is 21.3 Å². The Labute approximate surface area is 133 Å². The third-order valence-electron chi connectivity index (χ3n) is 3.11. The minimum atomic E-state index is -3.67. The normalized spacial score (nSPS) is 11.9. The van der Waals surface area contributed by atoms with Gasteiger partial charge in [0.15, 0.2) is 5.03 Å². The van der Waals surface area contributed by atoms with Gasteiger partial charge in [0.1, 0.15) is 0 Å². The molecule has 7 heteroatoms. The maximum Gasteiger partial charge on any atom is 0.281 e. The average Bonchev–Trinajstić information content (AvgIpc) is 2.79. The van der Waals surface area contributed by atoms with Gasteiger partial charge in [-0.05, 0) is 60.5 Å². The highest BCUT2D eigenvalue weighted by atomic mass is 79.9. The number of hydrogen-bond donors (Lipinski definition) is 0. The van der Waals surface area contributed by atoms with Crippen molar-refractivity contribution in [3.05, 3.63) is 40.5 Å². The first kappa shape index (κ1) is 16.0. The van der Waals surface area contributed by atoms with E-state index in [1.807, 2.05) is 39.0 Å². The summed E-state index contributed by atoms with van der Waals surface area (Å²) in [5.41, 5.74) is 1.68. The first-order chi connectivity index (χ1) is 9.75. The first-order valence-corrected chi connectivity index (χ1v) is 8.77. The Morgan fingerprint density at radius 3 is 2.43 bits per heavy atom. The Morgan fingerprint density at radius 1 is 1.29 bits per heavy atom. The summed E-state index contributed by atoms with van der Waals surface area (Å²) in [6.45, 7) is 5.66. The van der Waals surface area contributed by atoms with E-state index in [2.05, 4.69) is 21.0 Å². The summed E-state index contributed by atoms with van der Waals surface area (Å²) in [7, 11) is -2.05. The zero-order valence-corrected chi connectivity index (χ0v) is 14.8. The van der Waals surface area contributed by atoms with Crippen molar-refractivity contribution in [3.8, 4) is 0 Å². The lowest BCUT2D eigenvalue weighted by atomic mass is 10.2. The van der Waals surface area contributed by atoms with Crippen LogP contribution in [-0.2, 0) is 17.1 Å². The molecule has 0 N–H and O–H groups in total. The highest BCUT2D eigenvalue weighted by Crippen LogP contribution is 2.33. The molecule has 0 unspecified atom stereocenters. The maximum atomic E-state index is 12.9. The number of sulfonamides is 1. The highest BCUT2D eigenvalue weighted by molar-refractivity contribution is 9.10. The van der Waals surface area contributed by atoms with Gasteiger partial charge in [-0.1, -0.05) is 6.07 Å². The van der Waals surface area contributed by atoms with E-state index in [1.54, 1.807) is 7.05 Å². The third kappa shape index (κ3) is 2.98. The number of aromatic nitrogens is 2. The molecule has 1 aromatic carbocycles. The van der Waals surface area contributed by atoms with Gasteiger partial charge in [0, 0.05) is 17.6 Å². The van der Waals surface area contributed by atoms with Gasteiger partial charge in [0.05, 0.1) is 11.9 Å². The molecular weight excluding hydrogens is 354 g/mol. The Balaban J connectivity index is 2.62. The van der Waals surface area contributed by atoms with Crippen molar-refractivity contribution in [3.63, 3.8) is 0 Å². The van der Waals surface area contributed by atoms with Gasteiger partial charge >= 0.3 is 0 Å². The molecule has 0 aliphatic rings. The van der Waals surface area contributed by atoms with E-state index in [9.17, 15) is 8.42 Å². The molecule has 1 heterocycles. The van der Waals surface area contributed by atoms with Crippen LogP contribution in [0.3, 0.4) is 0 Å². The number of aryl methyl sites for hydroxylation is 2. The van der Waals surface area contributed by atoms with Crippen LogP contribution in [0, 0.1) is 6.92 Å². The molecule has 2 rings (SSSR count). The van der Waals surface area contributed by atoms with E-state index < -0.39 is 10.0 Å². The molecule has 0 atom stereocenters. The van der Waals surface area contributed by atoms with Crippen LogP contribution in [0.4, 0.5) is 5.69 Å². The maximum absolute atomic E-state index is 12.9. The van der Waals surface area contributed by atoms with Crippen LogP contribution >= 0.6 is 15.9 Å². The van der Waals surface area contributed by atoms with Crippen molar-refractivity contribution in [2.45, 2.75) is 31.8 Å². The van der Waals surface area contributed by atoms with Crippen LogP contribution < -0.4 is 4.31 Å². The van der Waals surface area contributed by atoms with Gasteiger partial charge in [-0.2, -0.15) is 13.5 Å². The lowest BCUT2D eigenvalue weighted by Crippen LogP contribution is -2.38. The summed E-state index contributed by atoms with van der Waals surface area (Å²) >= 11 is 3.46. The molecule has 0 amide bonds. The highest BCUT2D eigenvalue weighted by Gasteiger charge is 2.31. The van der Waals surface area contributed by atoms with Crippen molar-refractivity contribution in [1.82, 2.24) is 9.78 Å². The molecular formula is C14H18BrN3O2S. The Kier molecular flexibility index (Phi) is 4.43. The zero-order valence-electron chi connectivity index (χ0n) is 12.4. The Morgan fingerprint density at radius 2 is 1.95 bits per heavy atom. The molecule has 21 heavy (non-hydrogen) atoms. The number of nitrogens with zero attached hydrogens (tertiary/aromatic N) is 3. The molecule has 0 saturated heterocycles. The number of benzene rings is 1. The smallest absolute Gasteiger partial charge is 0.261 e. The topological polar surface area (TPSA) is 55.2 Å². The quantitative estimate of drug-likeness (QED) is 0.829. The molecule has 2 aromatic rings. The number of hydrogen-bond acceptors (Lipinski definition) is 3. The van der Waals surface area contributed by atoms with Crippen molar-refractivity contribution >= 4 is 31.6 Å². The molecule has 114 valence electrons. The largest absolute Gasteiger partial charge is 0.281 e. The van der Waals surface area contributed by atoms with E-state index in [-0.39, 0.29) is 11.1 Å². The van der Waals surface area contributed by atoms with Crippen LogP contribution in [0.25, 0.3) is 0 Å². The molecule has 0 spiro atoms. The number of rotatable bonds is 4. The van der Waals surface area contributed by atoms with Gasteiger partial charge in [-0.25, -0.2) is 0 Å². The fourth-order valence-electron chi connectivity index (χ4n) is 2.19. The van der Waals surface area contributed by atoms with Gasteiger partial charge in [-0.15, -0.1) is 0 Å². The summed E-state index contributed by atoms with van der Waals surface area (Å²) in [6.07, 6.45) is 1.48. The van der Waals surface area contributed by atoms with E-state index in [0.29, 0.717) is 5.69 Å². The summed E-state index contributed by atoms with van der Waals surface area (Å²) in [5.74, 6) is 0. The molecule has 0 aliphatic carbocycles. The van der Waals surface area contributed by atoms with Crippen molar-refractivity contribution in [2.24, 2.45) is 7.05 Å².